The second kappa shape index (κ2) is 6.27. The summed E-state index contributed by atoms with van der Waals surface area (Å²) in [5, 5.41) is 13.2. The minimum atomic E-state index is 0.523. The van der Waals surface area contributed by atoms with Crippen molar-refractivity contribution in [1.29, 1.82) is 5.26 Å². The highest BCUT2D eigenvalue weighted by molar-refractivity contribution is 5.89. The van der Waals surface area contributed by atoms with Crippen molar-refractivity contribution in [3.8, 4) is 17.2 Å². The van der Waals surface area contributed by atoms with E-state index in [0.717, 1.165) is 28.0 Å². The van der Waals surface area contributed by atoms with Gasteiger partial charge in [-0.05, 0) is 23.8 Å². The van der Waals surface area contributed by atoms with Gasteiger partial charge in [-0.1, -0.05) is 42.5 Å². The maximum Gasteiger partial charge on any atom is 0.158 e. The summed E-state index contributed by atoms with van der Waals surface area (Å²) < 4.78 is 2.00. The van der Waals surface area contributed by atoms with Gasteiger partial charge in [-0.2, -0.15) is 5.26 Å². The molecule has 0 aliphatic rings. The van der Waals surface area contributed by atoms with Crippen LogP contribution in [0.15, 0.2) is 60.7 Å². The van der Waals surface area contributed by atoms with Crippen LogP contribution in [0.1, 0.15) is 5.56 Å². The highest BCUT2D eigenvalue weighted by Crippen LogP contribution is 2.32. The quantitative estimate of drug-likeness (QED) is 0.602. The third-order valence-electron chi connectivity index (χ3n) is 4.22. The van der Waals surface area contributed by atoms with Gasteiger partial charge in [0, 0.05) is 18.7 Å². The van der Waals surface area contributed by atoms with Crippen LogP contribution < -0.4 is 11.1 Å². The maximum atomic E-state index is 9.83. The minimum Gasteiger partial charge on any atom is -0.370 e. The third-order valence-corrected chi connectivity index (χ3v) is 4.22. The number of anilines is 1. The molecule has 0 aliphatic heterocycles. The molecule has 0 bridgehead atoms. The molecule has 0 unspecified atom stereocenters. The molecule has 0 amide bonds. The summed E-state index contributed by atoms with van der Waals surface area (Å²) >= 11 is 0. The lowest BCUT2D eigenvalue weighted by molar-refractivity contribution is 1.00. The molecule has 0 saturated heterocycles. The van der Waals surface area contributed by atoms with Crippen LogP contribution in [0.25, 0.3) is 27.8 Å². The first kappa shape index (κ1) is 15.2. The number of hydrogen-bond acceptors (Lipinski definition) is 4. The van der Waals surface area contributed by atoms with Gasteiger partial charge in [0.2, 0.25) is 0 Å². The molecule has 25 heavy (non-hydrogen) atoms. The van der Waals surface area contributed by atoms with Gasteiger partial charge in [0.1, 0.15) is 17.5 Å². The molecule has 0 fully saturated rings. The molecule has 0 saturated carbocycles. The molecule has 0 spiro atoms. The van der Waals surface area contributed by atoms with Crippen LogP contribution in [-0.2, 0) is 0 Å². The number of rotatable bonds is 4. The average molecular weight is 327 g/mol. The summed E-state index contributed by atoms with van der Waals surface area (Å²) in [6, 6.07) is 22.1. The van der Waals surface area contributed by atoms with Crippen LogP contribution in [0.3, 0.4) is 0 Å². The molecule has 0 radical (unpaired) electrons. The van der Waals surface area contributed by atoms with Crippen molar-refractivity contribution in [1.82, 2.24) is 9.38 Å². The molecule has 0 atom stereocenters. The Morgan fingerprint density at radius 3 is 2.60 bits per heavy atom. The number of fused-ring (bicyclic) bond motifs is 3. The van der Waals surface area contributed by atoms with E-state index in [4.69, 9.17) is 10.7 Å². The normalized spacial score (nSPS) is 10.9. The number of nitriles is 1. The molecule has 2 aromatic carbocycles. The van der Waals surface area contributed by atoms with Crippen LogP contribution in [0.5, 0.6) is 0 Å². The smallest absolute Gasteiger partial charge is 0.158 e. The Morgan fingerprint density at radius 2 is 1.84 bits per heavy atom. The highest BCUT2D eigenvalue weighted by atomic mass is 15.1. The number of nitrogens with zero attached hydrogens (tertiary/aromatic N) is 3. The van der Waals surface area contributed by atoms with Crippen molar-refractivity contribution in [3.05, 3.63) is 66.2 Å². The summed E-state index contributed by atoms with van der Waals surface area (Å²) in [7, 11) is 0. The van der Waals surface area contributed by atoms with E-state index in [0.29, 0.717) is 24.3 Å². The number of nitrogens with one attached hydrogen (secondary N) is 1. The van der Waals surface area contributed by atoms with Crippen molar-refractivity contribution in [2.75, 3.05) is 18.4 Å². The van der Waals surface area contributed by atoms with Crippen LogP contribution in [-0.4, -0.2) is 22.5 Å². The van der Waals surface area contributed by atoms with Crippen molar-refractivity contribution in [3.63, 3.8) is 0 Å². The van der Waals surface area contributed by atoms with Crippen molar-refractivity contribution < 1.29 is 0 Å². The largest absolute Gasteiger partial charge is 0.370 e. The zero-order valence-corrected chi connectivity index (χ0v) is 13.6. The summed E-state index contributed by atoms with van der Waals surface area (Å²) in [6.07, 6.45) is 0. The third kappa shape index (κ3) is 2.49. The fourth-order valence-electron chi connectivity index (χ4n) is 3.12. The second-order valence-corrected chi connectivity index (χ2v) is 5.77. The molecule has 0 aliphatic carbocycles. The van der Waals surface area contributed by atoms with Crippen LogP contribution in [0, 0.1) is 11.3 Å². The van der Waals surface area contributed by atoms with E-state index >= 15 is 0 Å². The lowest BCUT2D eigenvalue weighted by atomic mass is 10.0. The summed E-state index contributed by atoms with van der Waals surface area (Å²) in [5.41, 5.74) is 10.6. The van der Waals surface area contributed by atoms with Gasteiger partial charge in [-0.3, -0.25) is 4.40 Å². The first-order valence-electron chi connectivity index (χ1n) is 8.17. The van der Waals surface area contributed by atoms with Gasteiger partial charge >= 0.3 is 0 Å². The summed E-state index contributed by atoms with van der Waals surface area (Å²) in [5.74, 6) is 0.881. The Morgan fingerprint density at radius 1 is 1.08 bits per heavy atom. The Hall–Kier alpha value is -3.36. The van der Waals surface area contributed by atoms with Crippen molar-refractivity contribution in [2.45, 2.75) is 0 Å². The molecule has 4 rings (SSSR count). The fraction of sp³-hybridized carbons (Fsp3) is 0.100. The first-order chi connectivity index (χ1) is 12.3. The van der Waals surface area contributed by atoms with Gasteiger partial charge in [0.25, 0.3) is 0 Å². The molecule has 3 N–H and O–H groups in total. The SMILES string of the molecule is N#Cc1c(-c2ccccc2)cc(NCCN)n2c1nc1ccccc12. The van der Waals surface area contributed by atoms with Crippen molar-refractivity contribution in [2.24, 2.45) is 5.73 Å². The lowest BCUT2D eigenvalue weighted by Crippen LogP contribution is -2.15. The van der Waals surface area contributed by atoms with Gasteiger partial charge in [0.05, 0.1) is 11.0 Å². The van der Waals surface area contributed by atoms with E-state index in [2.05, 4.69) is 11.4 Å². The topological polar surface area (TPSA) is 79.1 Å². The van der Waals surface area contributed by atoms with Crippen LogP contribution in [0.2, 0.25) is 0 Å². The second-order valence-electron chi connectivity index (χ2n) is 5.77. The van der Waals surface area contributed by atoms with Crippen LogP contribution >= 0.6 is 0 Å². The van der Waals surface area contributed by atoms with Gasteiger partial charge in [-0.25, -0.2) is 4.98 Å². The molecule has 2 aromatic heterocycles. The highest BCUT2D eigenvalue weighted by Gasteiger charge is 2.17. The summed E-state index contributed by atoms with van der Waals surface area (Å²) in [4.78, 5) is 4.71. The molecule has 5 nitrogen and oxygen atoms in total. The Kier molecular flexibility index (Phi) is 3.81. The molecular formula is C20H17N5. The lowest BCUT2D eigenvalue weighted by Gasteiger charge is -2.13. The monoisotopic (exact) mass is 327 g/mol. The molecule has 2 heterocycles. The first-order valence-corrected chi connectivity index (χ1v) is 8.17. The molecule has 5 heteroatoms. The van der Waals surface area contributed by atoms with Gasteiger partial charge in [-0.15, -0.1) is 0 Å². The molecule has 4 aromatic rings. The fourth-order valence-corrected chi connectivity index (χ4v) is 3.12. The van der Waals surface area contributed by atoms with Crippen LogP contribution in [0.4, 0.5) is 5.82 Å². The number of imidazole rings is 1. The Labute approximate surface area is 145 Å². The predicted molar refractivity (Wildman–Crippen MR) is 100 cm³/mol. The minimum absolute atomic E-state index is 0.523. The number of para-hydroxylation sites is 2. The predicted octanol–water partition coefficient (Wildman–Crippen LogP) is 3.40. The molecule has 122 valence electrons. The van der Waals surface area contributed by atoms with E-state index < -0.39 is 0 Å². The number of benzene rings is 2. The number of hydrogen-bond donors (Lipinski definition) is 2. The number of pyridine rings is 1. The zero-order chi connectivity index (χ0) is 17.2. The van der Waals surface area contributed by atoms with E-state index in [9.17, 15) is 5.26 Å². The van der Waals surface area contributed by atoms with Gasteiger partial charge < -0.3 is 11.1 Å². The van der Waals surface area contributed by atoms with E-state index in [1.165, 1.54) is 0 Å². The number of nitrogens with two attached hydrogens (primary N) is 1. The number of aromatic nitrogens is 2. The van der Waals surface area contributed by atoms with Gasteiger partial charge in [0.15, 0.2) is 5.65 Å². The van der Waals surface area contributed by atoms with E-state index in [1.54, 1.807) is 0 Å². The Bertz CT molecular complexity index is 1090. The molecular weight excluding hydrogens is 310 g/mol. The van der Waals surface area contributed by atoms with E-state index in [-0.39, 0.29) is 0 Å². The standard InChI is InChI=1S/C20H17N5/c21-10-11-23-19-12-15(14-6-2-1-3-7-14)16(13-22)20-24-17-8-4-5-9-18(17)25(19)20/h1-9,12,23H,10-11,21H2. The maximum absolute atomic E-state index is 9.83. The zero-order valence-electron chi connectivity index (χ0n) is 13.6. The summed E-state index contributed by atoms with van der Waals surface area (Å²) in [6.45, 7) is 1.16. The average Bonchev–Trinajstić information content (AvgIpc) is 3.06. The Balaban J connectivity index is 2.10. The van der Waals surface area contributed by atoms with E-state index in [1.807, 2.05) is 65.1 Å². The van der Waals surface area contributed by atoms with Crippen molar-refractivity contribution >= 4 is 22.5 Å².